The largest absolute Gasteiger partial charge is 0.472 e. The van der Waals surface area contributed by atoms with Crippen molar-refractivity contribution in [2.24, 2.45) is 11.8 Å². The minimum absolute atomic E-state index is 0.105. The van der Waals surface area contributed by atoms with Crippen molar-refractivity contribution in [1.29, 1.82) is 0 Å². The van der Waals surface area contributed by atoms with Crippen LogP contribution in [0.4, 0.5) is 0 Å². The van der Waals surface area contributed by atoms with Gasteiger partial charge in [-0.05, 0) is 37.5 Å². The van der Waals surface area contributed by atoms with Gasteiger partial charge in [0.05, 0.1) is 26.4 Å². The number of unbranched alkanes of at least 4 members (excludes halogenated alkanes) is 47. The van der Waals surface area contributed by atoms with E-state index in [2.05, 4.69) is 41.5 Å². The summed E-state index contributed by atoms with van der Waals surface area (Å²) in [5.41, 5.74) is 0. The molecule has 0 aromatic heterocycles. The topological polar surface area (TPSA) is 237 Å². The number of hydrogen-bond acceptors (Lipinski definition) is 15. The van der Waals surface area contributed by atoms with Gasteiger partial charge in [0.25, 0.3) is 0 Å². The molecule has 2 unspecified atom stereocenters. The van der Waals surface area contributed by atoms with Gasteiger partial charge in [-0.3, -0.25) is 37.3 Å². The highest BCUT2D eigenvalue weighted by Gasteiger charge is 2.30. The van der Waals surface area contributed by atoms with Gasteiger partial charge in [-0.1, -0.05) is 356 Å². The molecule has 17 nitrogen and oxygen atoms in total. The summed E-state index contributed by atoms with van der Waals surface area (Å²) < 4.78 is 68.4. The minimum Gasteiger partial charge on any atom is -0.462 e. The Morgan fingerprint density at radius 2 is 0.474 bits per heavy atom. The van der Waals surface area contributed by atoms with Crippen LogP contribution in [0.2, 0.25) is 0 Å². The second kappa shape index (κ2) is 69.8. The fraction of sp³-hybridized carbons (Fsp3) is 0.949. The van der Waals surface area contributed by atoms with E-state index in [1.165, 1.54) is 218 Å². The van der Waals surface area contributed by atoms with Crippen LogP contribution in [0.1, 0.15) is 408 Å². The number of esters is 4. The molecule has 0 aliphatic rings. The van der Waals surface area contributed by atoms with Gasteiger partial charge in [0.15, 0.2) is 12.2 Å². The first-order valence-corrected chi connectivity index (χ1v) is 43.5. The van der Waals surface area contributed by atoms with Gasteiger partial charge in [0.2, 0.25) is 0 Å². The van der Waals surface area contributed by atoms with Crippen LogP contribution in [-0.4, -0.2) is 96.7 Å². The van der Waals surface area contributed by atoms with Gasteiger partial charge in [-0.25, -0.2) is 9.13 Å². The zero-order chi connectivity index (χ0) is 71.4. The van der Waals surface area contributed by atoms with Gasteiger partial charge in [0, 0.05) is 25.7 Å². The fourth-order valence-electron chi connectivity index (χ4n) is 12.0. The maximum Gasteiger partial charge on any atom is 0.472 e. The van der Waals surface area contributed by atoms with Crippen LogP contribution >= 0.6 is 15.6 Å². The molecule has 0 aliphatic carbocycles. The summed E-state index contributed by atoms with van der Waals surface area (Å²) in [5.74, 6) is -0.552. The first-order chi connectivity index (χ1) is 46.9. The SMILES string of the molecule is CCCCCCCCCCCCCCCCCCCCC(=O)OC[C@H](COP(=O)(O)OC[C@@H](O)COP(=O)(O)OC[C@@H](COC(=O)CCCCCCC)OC(=O)CCCCCCCCCCCCC(C)C)OC(=O)CCCCCCCCCCCCCCCCCCCCC(C)C. The Labute approximate surface area is 594 Å². The summed E-state index contributed by atoms with van der Waals surface area (Å²) in [6.07, 6.45) is 58.8. The summed E-state index contributed by atoms with van der Waals surface area (Å²) >= 11 is 0. The van der Waals surface area contributed by atoms with Gasteiger partial charge in [-0.2, -0.15) is 0 Å². The summed E-state index contributed by atoms with van der Waals surface area (Å²) in [4.78, 5) is 72.6. The highest BCUT2D eigenvalue weighted by Crippen LogP contribution is 2.45. The third-order valence-corrected chi connectivity index (χ3v) is 20.1. The number of ether oxygens (including phenoxy) is 4. The van der Waals surface area contributed by atoms with Crippen molar-refractivity contribution in [2.75, 3.05) is 39.6 Å². The Kier molecular flexibility index (Phi) is 68.4. The van der Waals surface area contributed by atoms with Crippen molar-refractivity contribution in [3.05, 3.63) is 0 Å². The quantitative estimate of drug-likeness (QED) is 0.0222. The maximum absolute atomic E-state index is 13.1. The molecule has 0 spiro atoms. The van der Waals surface area contributed by atoms with Gasteiger partial charge >= 0.3 is 39.5 Å². The molecule has 0 aromatic carbocycles. The average molecular weight is 1420 g/mol. The summed E-state index contributed by atoms with van der Waals surface area (Å²) in [5, 5.41) is 10.6. The lowest BCUT2D eigenvalue weighted by Crippen LogP contribution is -2.30. The number of hydrogen-bond donors (Lipinski definition) is 3. The highest BCUT2D eigenvalue weighted by atomic mass is 31.2. The molecule has 0 radical (unpaired) electrons. The highest BCUT2D eigenvalue weighted by molar-refractivity contribution is 7.47. The zero-order valence-corrected chi connectivity index (χ0v) is 65.2. The van der Waals surface area contributed by atoms with Crippen LogP contribution < -0.4 is 0 Å². The molecule has 0 bridgehead atoms. The van der Waals surface area contributed by atoms with Crippen molar-refractivity contribution in [1.82, 2.24) is 0 Å². The molecule has 19 heteroatoms. The Bertz CT molecular complexity index is 1870. The standard InChI is InChI=1S/C78H152O17P2/c1-7-9-11-13-14-15-16-17-18-19-23-26-29-32-38-43-49-55-61-76(81)89-67-74(95-78(83)62-56-50-44-39-33-30-27-24-21-20-22-25-28-31-36-41-47-52-58-70(3)4)69-93-97(86,87)91-65-72(79)64-90-96(84,85)92-68-73(66-88-75(80)60-54-46-12-10-8-2)94-77(82)63-57-51-45-40-35-34-37-42-48-53-59-71(5)6/h70-74,79H,7-69H2,1-6H3,(H,84,85)(H,86,87)/t72-,73+,74+/m0/s1. The molecule has 5 atom stereocenters. The molecule has 0 aromatic rings. The molecule has 0 rings (SSSR count). The molecule has 3 N–H and O–H groups in total. The molecule has 0 saturated heterocycles. The molecule has 0 aliphatic heterocycles. The van der Waals surface area contributed by atoms with E-state index in [0.717, 1.165) is 108 Å². The van der Waals surface area contributed by atoms with Crippen molar-refractivity contribution in [3.8, 4) is 0 Å². The maximum atomic E-state index is 13.1. The van der Waals surface area contributed by atoms with Crippen LogP contribution in [-0.2, 0) is 65.4 Å². The van der Waals surface area contributed by atoms with Crippen molar-refractivity contribution in [3.63, 3.8) is 0 Å². The first-order valence-electron chi connectivity index (χ1n) is 40.5. The zero-order valence-electron chi connectivity index (χ0n) is 63.4. The van der Waals surface area contributed by atoms with E-state index in [9.17, 15) is 43.2 Å². The van der Waals surface area contributed by atoms with Crippen LogP contribution in [0, 0.1) is 11.8 Å². The molecule has 576 valence electrons. The van der Waals surface area contributed by atoms with Crippen LogP contribution in [0.15, 0.2) is 0 Å². The lowest BCUT2D eigenvalue weighted by Gasteiger charge is -2.21. The summed E-state index contributed by atoms with van der Waals surface area (Å²) in [7, 11) is -9.90. The number of aliphatic hydroxyl groups excluding tert-OH is 1. The second-order valence-electron chi connectivity index (χ2n) is 29.1. The average Bonchev–Trinajstić information content (AvgIpc) is 1.09. The number of phosphoric ester groups is 2. The number of carbonyl (C=O) groups excluding carboxylic acids is 4. The molecule has 0 saturated carbocycles. The molecule has 0 heterocycles. The van der Waals surface area contributed by atoms with E-state index < -0.39 is 97.5 Å². The lowest BCUT2D eigenvalue weighted by atomic mass is 10.0. The normalized spacial score (nSPS) is 14.0. The molecular formula is C78H152O17P2. The fourth-order valence-corrected chi connectivity index (χ4v) is 13.6. The molecule has 97 heavy (non-hydrogen) atoms. The van der Waals surface area contributed by atoms with Crippen molar-refractivity contribution < 1.29 is 80.2 Å². The van der Waals surface area contributed by atoms with Crippen LogP contribution in [0.5, 0.6) is 0 Å². The monoisotopic (exact) mass is 1420 g/mol. The predicted octanol–water partition coefficient (Wildman–Crippen LogP) is 23.1. The third-order valence-electron chi connectivity index (χ3n) is 18.2. The number of aliphatic hydroxyl groups is 1. The van der Waals surface area contributed by atoms with Crippen LogP contribution in [0.3, 0.4) is 0 Å². The van der Waals surface area contributed by atoms with Gasteiger partial charge in [-0.15, -0.1) is 0 Å². The Morgan fingerprint density at radius 1 is 0.278 bits per heavy atom. The molecule has 0 amide bonds. The predicted molar refractivity (Wildman–Crippen MR) is 395 cm³/mol. The summed E-state index contributed by atoms with van der Waals surface area (Å²) in [6, 6.07) is 0. The van der Waals surface area contributed by atoms with E-state index in [0.29, 0.717) is 25.7 Å². The number of rotatable bonds is 77. The Hall–Kier alpha value is -1.94. The Morgan fingerprint density at radius 3 is 0.701 bits per heavy atom. The lowest BCUT2D eigenvalue weighted by molar-refractivity contribution is -0.161. The van der Waals surface area contributed by atoms with Crippen molar-refractivity contribution >= 4 is 39.5 Å². The Balaban J connectivity index is 5.12. The molecular weight excluding hydrogens is 1270 g/mol. The number of phosphoric acid groups is 2. The van der Waals surface area contributed by atoms with E-state index in [-0.39, 0.29) is 25.7 Å². The van der Waals surface area contributed by atoms with Gasteiger partial charge in [0.1, 0.15) is 19.3 Å². The van der Waals surface area contributed by atoms with E-state index in [1.807, 2.05) is 0 Å². The summed E-state index contributed by atoms with van der Waals surface area (Å²) in [6.45, 7) is 9.54. The first kappa shape index (κ1) is 95.1. The third kappa shape index (κ3) is 72.2. The van der Waals surface area contributed by atoms with Crippen molar-refractivity contribution in [2.45, 2.75) is 426 Å². The van der Waals surface area contributed by atoms with Gasteiger partial charge < -0.3 is 33.8 Å². The number of carbonyl (C=O) groups is 4. The van der Waals surface area contributed by atoms with E-state index in [1.54, 1.807) is 0 Å². The van der Waals surface area contributed by atoms with E-state index >= 15 is 0 Å². The second-order valence-corrected chi connectivity index (χ2v) is 32.0. The van der Waals surface area contributed by atoms with Crippen LogP contribution in [0.25, 0.3) is 0 Å². The minimum atomic E-state index is -4.96. The smallest absolute Gasteiger partial charge is 0.462 e. The van der Waals surface area contributed by atoms with E-state index in [4.69, 9.17) is 37.0 Å². The molecule has 0 fully saturated rings.